The number of nitrogens with zero attached hydrogens (tertiary/aromatic N) is 3. The van der Waals surface area contributed by atoms with E-state index in [1.165, 1.54) is 6.33 Å². The number of hydrogen-bond acceptors (Lipinski definition) is 6. The standard InChI is InChI=1S/C13H17N5O/c1-8(2)11-12(18-14)16-7-17-13(11)19-10-5-4-6-15-9(10)3/h4-8H,14H2,1-3H3,(H,16,17,18). The van der Waals surface area contributed by atoms with Crippen LogP contribution in [0.25, 0.3) is 0 Å². The van der Waals surface area contributed by atoms with Crippen molar-refractivity contribution in [3.05, 3.63) is 35.9 Å². The SMILES string of the molecule is Cc1ncccc1Oc1ncnc(NN)c1C(C)C. The van der Waals surface area contributed by atoms with Crippen LogP contribution < -0.4 is 16.0 Å². The minimum absolute atomic E-state index is 0.180. The van der Waals surface area contributed by atoms with Crippen LogP contribution in [-0.4, -0.2) is 15.0 Å². The Morgan fingerprint density at radius 1 is 1.26 bits per heavy atom. The molecule has 0 fully saturated rings. The highest BCUT2D eigenvalue weighted by molar-refractivity contribution is 5.50. The Kier molecular flexibility index (Phi) is 3.91. The Labute approximate surface area is 112 Å². The van der Waals surface area contributed by atoms with Crippen LogP contribution in [0, 0.1) is 6.92 Å². The van der Waals surface area contributed by atoms with E-state index in [9.17, 15) is 0 Å². The van der Waals surface area contributed by atoms with Crippen molar-refractivity contribution in [2.45, 2.75) is 26.7 Å². The predicted molar refractivity (Wildman–Crippen MR) is 73.0 cm³/mol. The van der Waals surface area contributed by atoms with E-state index in [1.54, 1.807) is 6.20 Å². The van der Waals surface area contributed by atoms with Crippen LogP contribution in [0.3, 0.4) is 0 Å². The number of nitrogens with two attached hydrogens (primary N) is 1. The zero-order valence-corrected chi connectivity index (χ0v) is 11.2. The fourth-order valence-electron chi connectivity index (χ4n) is 1.78. The van der Waals surface area contributed by atoms with Crippen LogP contribution in [0.1, 0.15) is 31.0 Å². The van der Waals surface area contributed by atoms with Crippen molar-refractivity contribution in [3.63, 3.8) is 0 Å². The van der Waals surface area contributed by atoms with Crippen molar-refractivity contribution >= 4 is 5.82 Å². The zero-order valence-electron chi connectivity index (χ0n) is 11.2. The van der Waals surface area contributed by atoms with Gasteiger partial charge in [-0.15, -0.1) is 0 Å². The number of aromatic nitrogens is 3. The molecule has 0 spiro atoms. The molecule has 0 aromatic carbocycles. The molecule has 0 atom stereocenters. The molecule has 0 radical (unpaired) electrons. The van der Waals surface area contributed by atoms with Gasteiger partial charge in [0.1, 0.15) is 6.33 Å². The van der Waals surface area contributed by atoms with E-state index in [0.717, 1.165) is 11.3 Å². The lowest BCUT2D eigenvalue weighted by molar-refractivity contribution is 0.446. The molecule has 0 aliphatic heterocycles. The monoisotopic (exact) mass is 259 g/mol. The van der Waals surface area contributed by atoms with Gasteiger partial charge < -0.3 is 10.2 Å². The van der Waals surface area contributed by atoms with Gasteiger partial charge in [0.2, 0.25) is 5.88 Å². The number of ether oxygens (including phenoxy) is 1. The van der Waals surface area contributed by atoms with E-state index >= 15 is 0 Å². The second kappa shape index (κ2) is 5.62. The van der Waals surface area contributed by atoms with E-state index < -0.39 is 0 Å². The number of hydrazine groups is 1. The molecule has 2 aromatic heterocycles. The first-order valence-electron chi connectivity index (χ1n) is 6.04. The Bertz CT molecular complexity index is 571. The molecule has 2 aromatic rings. The molecule has 6 heteroatoms. The summed E-state index contributed by atoms with van der Waals surface area (Å²) in [6.07, 6.45) is 3.14. The number of rotatable bonds is 4. The van der Waals surface area contributed by atoms with Crippen molar-refractivity contribution in [2.24, 2.45) is 5.84 Å². The Morgan fingerprint density at radius 2 is 2.05 bits per heavy atom. The first kappa shape index (κ1) is 13.2. The summed E-state index contributed by atoms with van der Waals surface area (Å²) < 4.78 is 5.83. The second-order valence-electron chi connectivity index (χ2n) is 4.43. The molecule has 0 bridgehead atoms. The second-order valence-corrected chi connectivity index (χ2v) is 4.43. The maximum Gasteiger partial charge on any atom is 0.228 e. The predicted octanol–water partition coefficient (Wildman–Crippen LogP) is 2.38. The molecule has 0 saturated carbocycles. The topological polar surface area (TPSA) is 86.0 Å². The third-order valence-electron chi connectivity index (χ3n) is 2.73. The number of anilines is 1. The lowest BCUT2D eigenvalue weighted by Gasteiger charge is -2.15. The van der Waals surface area contributed by atoms with E-state index in [-0.39, 0.29) is 5.92 Å². The van der Waals surface area contributed by atoms with Crippen molar-refractivity contribution in [3.8, 4) is 11.6 Å². The van der Waals surface area contributed by atoms with Gasteiger partial charge >= 0.3 is 0 Å². The van der Waals surface area contributed by atoms with Crippen LogP contribution in [0.4, 0.5) is 5.82 Å². The van der Waals surface area contributed by atoms with E-state index in [0.29, 0.717) is 17.4 Å². The molecule has 0 unspecified atom stereocenters. The molecule has 0 aliphatic carbocycles. The van der Waals surface area contributed by atoms with E-state index in [1.807, 2.05) is 32.9 Å². The summed E-state index contributed by atoms with van der Waals surface area (Å²) in [5, 5.41) is 0. The summed E-state index contributed by atoms with van der Waals surface area (Å²) in [5.41, 5.74) is 4.22. The van der Waals surface area contributed by atoms with Crippen LogP contribution in [0.15, 0.2) is 24.7 Å². The van der Waals surface area contributed by atoms with Gasteiger partial charge in [0.25, 0.3) is 0 Å². The highest BCUT2D eigenvalue weighted by atomic mass is 16.5. The van der Waals surface area contributed by atoms with E-state index in [4.69, 9.17) is 10.6 Å². The van der Waals surface area contributed by atoms with Crippen LogP contribution >= 0.6 is 0 Å². The minimum atomic E-state index is 0.180. The number of aryl methyl sites for hydroxylation is 1. The number of nitrogens with one attached hydrogen (secondary N) is 1. The summed E-state index contributed by atoms with van der Waals surface area (Å²) in [6.45, 7) is 5.94. The lowest BCUT2D eigenvalue weighted by atomic mass is 10.1. The van der Waals surface area contributed by atoms with Gasteiger partial charge in [-0.25, -0.2) is 15.8 Å². The summed E-state index contributed by atoms with van der Waals surface area (Å²) in [4.78, 5) is 12.5. The van der Waals surface area contributed by atoms with Gasteiger partial charge in [-0.3, -0.25) is 4.98 Å². The zero-order chi connectivity index (χ0) is 13.8. The van der Waals surface area contributed by atoms with Crippen molar-refractivity contribution in [1.82, 2.24) is 15.0 Å². The first-order chi connectivity index (χ1) is 9.13. The molecule has 19 heavy (non-hydrogen) atoms. The third-order valence-corrected chi connectivity index (χ3v) is 2.73. The van der Waals surface area contributed by atoms with Gasteiger partial charge in [-0.05, 0) is 25.0 Å². The van der Waals surface area contributed by atoms with Crippen LogP contribution in [-0.2, 0) is 0 Å². The Morgan fingerprint density at radius 3 is 2.68 bits per heavy atom. The molecule has 0 saturated heterocycles. The molecule has 100 valence electrons. The first-order valence-corrected chi connectivity index (χ1v) is 6.04. The smallest absolute Gasteiger partial charge is 0.228 e. The molecule has 6 nitrogen and oxygen atoms in total. The fraction of sp³-hybridized carbons (Fsp3) is 0.308. The average Bonchev–Trinajstić information content (AvgIpc) is 2.40. The lowest BCUT2D eigenvalue weighted by Crippen LogP contribution is -2.13. The van der Waals surface area contributed by atoms with Gasteiger partial charge in [-0.1, -0.05) is 13.8 Å². The molecule has 0 aliphatic rings. The third kappa shape index (κ3) is 2.79. The maximum atomic E-state index is 5.83. The molecule has 2 rings (SSSR count). The van der Waals surface area contributed by atoms with Gasteiger partial charge in [0, 0.05) is 6.20 Å². The average molecular weight is 259 g/mol. The molecule has 2 heterocycles. The number of pyridine rings is 1. The van der Waals surface area contributed by atoms with Crippen molar-refractivity contribution < 1.29 is 4.74 Å². The summed E-state index contributed by atoms with van der Waals surface area (Å²) in [6, 6.07) is 3.67. The largest absolute Gasteiger partial charge is 0.437 e. The molecule has 0 amide bonds. The molecular weight excluding hydrogens is 242 g/mol. The van der Waals surface area contributed by atoms with Crippen LogP contribution in [0.5, 0.6) is 11.6 Å². The Balaban J connectivity index is 2.43. The number of nitrogen functional groups attached to an aromatic ring is 1. The summed E-state index contributed by atoms with van der Waals surface area (Å²) in [5.74, 6) is 7.39. The summed E-state index contributed by atoms with van der Waals surface area (Å²) in [7, 11) is 0. The van der Waals surface area contributed by atoms with Gasteiger partial charge in [0.15, 0.2) is 11.6 Å². The summed E-state index contributed by atoms with van der Waals surface area (Å²) >= 11 is 0. The normalized spacial score (nSPS) is 10.6. The van der Waals surface area contributed by atoms with Crippen LogP contribution in [0.2, 0.25) is 0 Å². The quantitative estimate of drug-likeness (QED) is 0.647. The number of hydrogen-bond donors (Lipinski definition) is 2. The van der Waals surface area contributed by atoms with Gasteiger partial charge in [0.05, 0.1) is 11.3 Å². The van der Waals surface area contributed by atoms with E-state index in [2.05, 4.69) is 20.4 Å². The highest BCUT2D eigenvalue weighted by Gasteiger charge is 2.16. The van der Waals surface area contributed by atoms with Crippen molar-refractivity contribution in [1.29, 1.82) is 0 Å². The Hall–Kier alpha value is -2.21. The van der Waals surface area contributed by atoms with Crippen molar-refractivity contribution in [2.75, 3.05) is 5.43 Å². The fourth-order valence-corrected chi connectivity index (χ4v) is 1.78. The molecular formula is C13H17N5O. The molecule has 3 N–H and O–H groups in total. The van der Waals surface area contributed by atoms with Gasteiger partial charge in [-0.2, -0.15) is 0 Å². The highest BCUT2D eigenvalue weighted by Crippen LogP contribution is 2.32. The minimum Gasteiger partial charge on any atom is -0.437 e. The maximum absolute atomic E-state index is 5.83.